The summed E-state index contributed by atoms with van der Waals surface area (Å²) in [5.41, 5.74) is 3.95. The molecule has 4 nitrogen and oxygen atoms in total. The molecule has 35 heavy (non-hydrogen) atoms. The third-order valence-electron chi connectivity index (χ3n) is 6.24. The van der Waals surface area contributed by atoms with Crippen LogP contribution >= 0.6 is 0 Å². The molecule has 0 aliphatic carbocycles. The fourth-order valence-corrected chi connectivity index (χ4v) is 4.20. The number of nitrogens with zero attached hydrogens (tertiary/aromatic N) is 1. The van der Waals surface area contributed by atoms with E-state index in [0.29, 0.717) is 5.92 Å². The molecule has 1 atom stereocenters. The van der Waals surface area contributed by atoms with Crippen molar-refractivity contribution < 1.29 is 14.6 Å². The number of ether oxygens (including phenoxy) is 1. The number of hydrogen-bond acceptors (Lipinski definition) is 3. The van der Waals surface area contributed by atoms with Gasteiger partial charge in [0.05, 0.1) is 12.3 Å². The van der Waals surface area contributed by atoms with Gasteiger partial charge in [-0.1, -0.05) is 78.2 Å². The summed E-state index contributed by atoms with van der Waals surface area (Å²) in [6.07, 6.45) is 17.2. The summed E-state index contributed by atoms with van der Waals surface area (Å²) in [5, 5.41) is 8.99. The lowest BCUT2D eigenvalue weighted by molar-refractivity contribution is -0.131. The zero-order valence-corrected chi connectivity index (χ0v) is 21.8. The van der Waals surface area contributed by atoms with Crippen LogP contribution in [0.25, 0.3) is 6.08 Å². The minimum atomic E-state index is -0.938. The number of aliphatic carboxylic acids is 1. The molecule has 2 rings (SSSR count). The normalized spacial score (nSPS) is 12.4. The number of aliphatic imine (C=N–C) groups is 1. The van der Waals surface area contributed by atoms with Gasteiger partial charge in [-0.3, -0.25) is 4.99 Å². The molecular formula is C31H43NO3. The van der Waals surface area contributed by atoms with Crippen molar-refractivity contribution >= 4 is 23.9 Å². The standard InChI is InChI=1S/C31H43NO3/c1-4-6-7-8-9-10-11-12-22-35-29-19-14-26(15-20-29)24-32-28-18-16-27(17-21-31(33)34)30(23-28)25(3)13-5-2/h14-21,23-25H,4-13,22H2,1-3H3,(H,33,34)/b21-17+,32-24+/t25-/m0/s1. The molecule has 0 amide bonds. The molecule has 0 spiro atoms. The molecule has 4 heteroatoms. The molecule has 190 valence electrons. The number of rotatable bonds is 17. The van der Waals surface area contributed by atoms with Crippen LogP contribution in [0.15, 0.2) is 53.5 Å². The molecule has 2 aromatic rings. The summed E-state index contributed by atoms with van der Waals surface area (Å²) in [4.78, 5) is 15.6. The second-order valence-electron chi connectivity index (χ2n) is 9.33. The van der Waals surface area contributed by atoms with Gasteiger partial charge in [0.1, 0.15) is 5.75 Å². The third-order valence-corrected chi connectivity index (χ3v) is 6.24. The van der Waals surface area contributed by atoms with Gasteiger partial charge in [0.2, 0.25) is 0 Å². The topological polar surface area (TPSA) is 58.9 Å². The average molecular weight is 478 g/mol. The van der Waals surface area contributed by atoms with Crippen molar-refractivity contribution in [3.8, 4) is 5.75 Å². The van der Waals surface area contributed by atoms with Crippen LogP contribution in [0, 0.1) is 0 Å². The Labute approximate surface area is 212 Å². The predicted octanol–water partition coefficient (Wildman–Crippen LogP) is 8.96. The molecule has 2 aromatic carbocycles. The van der Waals surface area contributed by atoms with Crippen molar-refractivity contribution in [3.63, 3.8) is 0 Å². The monoisotopic (exact) mass is 477 g/mol. The Kier molecular flexibility index (Phi) is 13.5. The van der Waals surface area contributed by atoms with E-state index in [9.17, 15) is 4.79 Å². The molecule has 0 fully saturated rings. The zero-order chi connectivity index (χ0) is 25.3. The summed E-state index contributed by atoms with van der Waals surface area (Å²) in [6.45, 7) is 7.36. The van der Waals surface area contributed by atoms with Crippen LogP contribution in [-0.4, -0.2) is 23.9 Å². The van der Waals surface area contributed by atoms with E-state index in [0.717, 1.165) is 54.0 Å². The largest absolute Gasteiger partial charge is 0.494 e. The van der Waals surface area contributed by atoms with Crippen molar-refractivity contribution in [2.24, 2.45) is 4.99 Å². The molecule has 0 saturated carbocycles. The van der Waals surface area contributed by atoms with E-state index in [1.165, 1.54) is 51.0 Å². The Balaban J connectivity index is 1.88. The first-order valence-corrected chi connectivity index (χ1v) is 13.3. The van der Waals surface area contributed by atoms with Gasteiger partial charge in [-0.25, -0.2) is 4.79 Å². The van der Waals surface area contributed by atoms with E-state index in [4.69, 9.17) is 9.84 Å². The number of unbranched alkanes of at least 4 members (excludes halogenated alkanes) is 7. The maximum atomic E-state index is 11.0. The average Bonchev–Trinajstić information content (AvgIpc) is 2.86. The Hall–Kier alpha value is -2.88. The molecule has 0 unspecified atom stereocenters. The van der Waals surface area contributed by atoms with Crippen LogP contribution in [0.5, 0.6) is 5.75 Å². The third kappa shape index (κ3) is 11.4. The first kappa shape index (κ1) is 28.4. The Bertz CT molecular complexity index is 931. The zero-order valence-electron chi connectivity index (χ0n) is 21.8. The van der Waals surface area contributed by atoms with Gasteiger partial charge in [0, 0.05) is 12.3 Å². The van der Waals surface area contributed by atoms with E-state index in [1.54, 1.807) is 6.08 Å². The van der Waals surface area contributed by atoms with Crippen LogP contribution in [0.4, 0.5) is 5.69 Å². The summed E-state index contributed by atoms with van der Waals surface area (Å²) >= 11 is 0. The van der Waals surface area contributed by atoms with Crippen LogP contribution < -0.4 is 4.74 Å². The van der Waals surface area contributed by atoms with Gasteiger partial charge in [-0.2, -0.15) is 0 Å². The van der Waals surface area contributed by atoms with Gasteiger partial charge < -0.3 is 9.84 Å². The van der Waals surface area contributed by atoms with E-state index in [2.05, 4.69) is 31.8 Å². The van der Waals surface area contributed by atoms with E-state index in [-0.39, 0.29) is 0 Å². The van der Waals surface area contributed by atoms with Crippen molar-refractivity contribution in [1.29, 1.82) is 0 Å². The second kappa shape index (κ2) is 16.7. The first-order chi connectivity index (χ1) is 17.0. The van der Waals surface area contributed by atoms with Crippen molar-refractivity contribution in [2.45, 2.75) is 90.9 Å². The van der Waals surface area contributed by atoms with Crippen LogP contribution in [-0.2, 0) is 4.79 Å². The molecule has 0 saturated heterocycles. The second-order valence-corrected chi connectivity index (χ2v) is 9.33. The highest BCUT2D eigenvalue weighted by molar-refractivity contribution is 5.86. The van der Waals surface area contributed by atoms with Crippen LogP contribution in [0.1, 0.15) is 108 Å². The van der Waals surface area contributed by atoms with E-state index < -0.39 is 5.97 Å². The molecule has 0 radical (unpaired) electrons. The van der Waals surface area contributed by atoms with E-state index in [1.807, 2.05) is 42.6 Å². The number of carbonyl (C=O) groups is 1. The molecule has 0 aliphatic rings. The molecule has 0 aliphatic heterocycles. The summed E-state index contributed by atoms with van der Waals surface area (Å²) in [7, 11) is 0. The molecule has 0 bridgehead atoms. The summed E-state index contributed by atoms with van der Waals surface area (Å²) < 4.78 is 5.89. The highest BCUT2D eigenvalue weighted by atomic mass is 16.5. The van der Waals surface area contributed by atoms with Crippen molar-refractivity contribution in [1.82, 2.24) is 0 Å². The summed E-state index contributed by atoms with van der Waals surface area (Å²) in [5.74, 6) is 0.294. The SMILES string of the molecule is CCCCCCCCCCOc1ccc(/C=N/c2ccc(/C=C/C(=O)O)c([C@@H](C)CCC)c2)cc1. The maximum Gasteiger partial charge on any atom is 0.328 e. The highest BCUT2D eigenvalue weighted by Gasteiger charge is 2.10. The van der Waals surface area contributed by atoms with Gasteiger partial charge in [-0.05, 0) is 77.9 Å². The number of carboxylic acid groups (broad SMARTS) is 1. The van der Waals surface area contributed by atoms with Gasteiger partial charge in [0.25, 0.3) is 0 Å². The fraction of sp³-hybridized carbons (Fsp3) is 0.484. The lowest BCUT2D eigenvalue weighted by Crippen LogP contribution is -1.97. The van der Waals surface area contributed by atoms with Crippen LogP contribution in [0.3, 0.4) is 0 Å². The van der Waals surface area contributed by atoms with Gasteiger partial charge in [0.15, 0.2) is 0 Å². The number of carboxylic acids is 1. The number of benzene rings is 2. The lowest BCUT2D eigenvalue weighted by Gasteiger charge is -2.14. The summed E-state index contributed by atoms with van der Waals surface area (Å²) in [6, 6.07) is 14.0. The predicted molar refractivity (Wildman–Crippen MR) is 148 cm³/mol. The molecule has 1 N–H and O–H groups in total. The fourth-order valence-electron chi connectivity index (χ4n) is 4.20. The molecule has 0 aromatic heterocycles. The van der Waals surface area contributed by atoms with Gasteiger partial charge in [-0.15, -0.1) is 0 Å². The first-order valence-electron chi connectivity index (χ1n) is 13.3. The highest BCUT2D eigenvalue weighted by Crippen LogP contribution is 2.29. The van der Waals surface area contributed by atoms with Gasteiger partial charge >= 0.3 is 5.97 Å². The van der Waals surface area contributed by atoms with Crippen molar-refractivity contribution in [2.75, 3.05) is 6.61 Å². The van der Waals surface area contributed by atoms with Crippen LogP contribution in [0.2, 0.25) is 0 Å². The lowest BCUT2D eigenvalue weighted by atomic mass is 9.91. The maximum absolute atomic E-state index is 11.0. The minimum absolute atomic E-state index is 0.334. The number of hydrogen-bond donors (Lipinski definition) is 1. The molecule has 0 heterocycles. The van der Waals surface area contributed by atoms with E-state index >= 15 is 0 Å². The molecular weight excluding hydrogens is 434 g/mol. The minimum Gasteiger partial charge on any atom is -0.494 e. The van der Waals surface area contributed by atoms with Crippen molar-refractivity contribution in [3.05, 3.63) is 65.2 Å². The Morgan fingerprint density at radius 3 is 2.29 bits per heavy atom. The Morgan fingerprint density at radius 1 is 0.943 bits per heavy atom. The quantitative estimate of drug-likeness (QED) is 0.140. The smallest absolute Gasteiger partial charge is 0.328 e. The Morgan fingerprint density at radius 2 is 1.63 bits per heavy atom.